The SMILES string of the molecule is O=C(c1ccc2[nH]c(=O)c(=O)[nH]c2c1)N1CCN(S(=O)(=O)c2ccc3ccccc3c2)CC1. The number of hydrogen-bond donors (Lipinski definition) is 2. The molecule has 0 radical (unpaired) electrons. The molecule has 1 saturated heterocycles. The van der Waals surface area contributed by atoms with Gasteiger partial charge in [0.2, 0.25) is 10.0 Å². The molecular formula is C23H20N4O5S. The summed E-state index contributed by atoms with van der Waals surface area (Å²) in [5.74, 6) is -0.272. The molecule has 0 saturated carbocycles. The summed E-state index contributed by atoms with van der Waals surface area (Å²) in [6.45, 7) is 0.842. The van der Waals surface area contributed by atoms with Crippen molar-refractivity contribution in [3.8, 4) is 0 Å². The minimum atomic E-state index is -3.68. The Balaban J connectivity index is 1.33. The molecule has 5 rings (SSSR count). The lowest BCUT2D eigenvalue weighted by atomic mass is 10.1. The fraction of sp³-hybridized carbons (Fsp3) is 0.174. The van der Waals surface area contributed by atoms with Crippen LogP contribution >= 0.6 is 0 Å². The number of carbonyl (C=O) groups is 1. The molecule has 2 heterocycles. The second-order valence-electron chi connectivity index (χ2n) is 7.87. The Labute approximate surface area is 188 Å². The van der Waals surface area contributed by atoms with E-state index in [9.17, 15) is 22.8 Å². The average molecular weight is 465 g/mol. The average Bonchev–Trinajstić information content (AvgIpc) is 2.84. The zero-order valence-corrected chi connectivity index (χ0v) is 18.3. The maximum atomic E-state index is 13.1. The molecule has 4 aromatic rings. The molecule has 0 atom stereocenters. The lowest BCUT2D eigenvalue weighted by Crippen LogP contribution is -2.50. The molecule has 2 N–H and O–H groups in total. The summed E-state index contributed by atoms with van der Waals surface area (Å²) in [6.07, 6.45) is 0. The maximum absolute atomic E-state index is 13.1. The van der Waals surface area contributed by atoms with Gasteiger partial charge < -0.3 is 14.9 Å². The molecule has 1 aliphatic heterocycles. The molecule has 0 aliphatic carbocycles. The molecule has 1 fully saturated rings. The highest BCUT2D eigenvalue weighted by atomic mass is 32.2. The molecule has 168 valence electrons. The van der Waals surface area contributed by atoms with E-state index < -0.39 is 21.1 Å². The second kappa shape index (κ2) is 7.98. The van der Waals surface area contributed by atoms with E-state index in [1.165, 1.54) is 10.4 Å². The number of hydrogen-bond acceptors (Lipinski definition) is 5. The van der Waals surface area contributed by atoms with Crippen LogP contribution in [-0.2, 0) is 10.0 Å². The number of H-pyrrole nitrogens is 2. The predicted molar refractivity (Wildman–Crippen MR) is 124 cm³/mol. The highest BCUT2D eigenvalue weighted by Crippen LogP contribution is 2.23. The van der Waals surface area contributed by atoms with Crippen molar-refractivity contribution in [2.24, 2.45) is 0 Å². The summed E-state index contributed by atoms with van der Waals surface area (Å²) in [5, 5.41) is 1.82. The van der Waals surface area contributed by atoms with Crippen LogP contribution in [0.4, 0.5) is 0 Å². The van der Waals surface area contributed by atoms with Crippen LogP contribution in [0.15, 0.2) is 75.1 Å². The van der Waals surface area contributed by atoms with Crippen molar-refractivity contribution in [1.82, 2.24) is 19.2 Å². The quantitative estimate of drug-likeness (QED) is 0.445. The van der Waals surface area contributed by atoms with Gasteiger partial charge in [-0.3, -0.25) is 14.4 Å². The number of aromatic nitrogens is 2. The van der Waals surface area contributed by atoms with E-state index in [1.807, 2.05) is 24.3 Å². The largest absolute Gasteiger partial charge is 0.336 e. The van der Waals surface area contributed by atoms with Gasteiger partial charge in [0, 0.05) is 31.7 Å². The normalized spacial score (nSPS) is 15.2. The fourth-order valence-corrected chi connectivity index (χ4v) is 5.50. The van der Waals surface area contributed by atoms with E-state index in [1.54, 1.807) is 35.2 Å². The van der Waals surface area contributed by atoms with Crippen molar-refractivity contribution in [2.75, 3.05) is 26.2 Å². The zero-order chi connectivity index (χ0) is 23.2. The minimum absolute atomic E-state index is 0.179. The Hall–Kier alpha value is -3.76. The maximum Gasteiger partial charge on any atom is 0.314 e. The van der Waals surface area contributed by atoms with Gasteiger partial charge in [0.25, 0.3) is 5.91 Å². The summed E-state index contributed by atoms with van der Waals surface area (Å²) in [6, 6.07) is 17.3. The van der Waals surface area contributed by atoms with E-state index in [4.69, 9.17) is 0 Å². The van der Waals surface area contributed by atoms with Gasteiger partial charge in [0.05, 0.1) is 15.9 Å². The summed E-state index contributed by atoms with van der Waals surface area (Å²) < 4.78 is 27.7. The van der Waals surface area contributed by atoms with Crippen LogP contribution in [-0.4, -0.2) is 59.7 Å². The van der Waals surface area contributed by atoms with Crippen LogP contribution in [0.1, 0.15) is 10.4 Å². The van der Waals surface area contributed by atoms with Crippen LogP contribution in [0, 0.1) is 0 Å². The van der Waals surface area contributed by atoms with E-state index in [0.29, 0.717) is 16.6 Å². The van der Waals surface area contributed by atoms with E-state index >= 15 is 0 Å². The van der Waals surface area contributed by atoms with Gasteiger partial charge in [0.1, 0.15) is 0 Å². The highest BCUT2D eigenvalue weighted by molar-refractivity contribution is 7.89. The van der Waals surface area contributed by atoms with Gasteiger partial charge in [-0.25, -0.2) is 8.42 Å². The Morgan fingerprint density at radius 3 is 2.15 bits per heavy atom. The van der Waals surface area contributed by atoms with Gasteiger partial charge in [-0.2, -0.15) is 4.31 Å². The third-order valence-electron chi connectivity index (χ3n) is 5.85. The van der Waals surface area contributed by atoms with Crippen molar-refractivity contribution < 1.29 is 13.2 Å². The number of sulfonamides is 1. The Morgan fingerprint density at radius 1 is 0.758 bits per heavy atom. The molecule has 0 spiro atoms. The smallest absolute Gasteiger partial charge is 0.314 e. The summed E-state index contributed by atoms with van der Waals surface area (Å²) >= 11 is 0. The third-order valence-corrected chi connectivity index (χ3v) is 7.75. The number of amides is 1. The van der Waals surface area contributed by atoms with Crippen molar-refractivity contribution in [2.45, 2.75) is 4.90 Å². The summed E-state index contributed by atoms with van der Waals surface area (Å²) in [5.41, 5.74) is -0.439. The van der Waals surface area contributed by atoms with Gasteiger partial charge >= 0.3 is 11.1 Å². The lowest BCUT2D eigenvalue weighted by Gasteiger charge is -2.34. The molecule has 0 bridgehead atoms. The number of nitrogens with zero attached hydrogens (tertiary/aromatic N) is 2. The summed E-state index contributed by atoms with van der Waals surface area (Å²) in [4.78, 5) is 42.7. The van der Waals surface area contributed by atoms with E-state index in [2.05, 4.69) is 9.97 Å². The van der Waals surface area contributed by atoms with Crippen molar-refractivity contribution in [1.29, 1.82) is 0 Å². The molecule has 0 unspecified atom stereocenters. The molecule has 1 aliphatic rings. The van der Waals surface area contributed by atoms with E-state index in [0.717, 1.165) is 10.8 Å². The highest BCUT2D eigenvalue weighted by Gasteiger charge is 2.30. The van der Waals surface area contributed by atoms with Gasteiger partial charge in [0.15, 0.2) is 0 Å². The van der Waals surface area contributed by atoms with Crippen LogP contribution in [0.5, 0.6) is 0 Å². The Bertz CT molecular complexity index is 1620. The zero-order valence-electron chi connectivity index (χ0n) is 17.4. The Morgan fingerprint density at radius 2 is 1.42 bits per heavy atom. The molecule has 10 heteroatoms. The lowest BCUT2D eigenvalue weighted by molar-refractivity contribution is 0.0698. The van der Waals surface area contributed by atoms with Crippen LogP contribution in [0.25, 0.3) is 21.8 Å². The topological polar surface area (TPSA) is 123 Å². The van der Waals surface area contributed by atoms with Gasteiger partial charge in [-0.1, -0.05) is 30.3 Å². The first-order valence-electron chi connectivity index (χ1n) is 10.4. The predicted octanol–water partition coefficient (Wildman–Crippen LogP) is 1.52. The van der Waals surface area contributed by atoms with E-state index in [-0.39, 0.29) is 37.0 Å². The molecular weight excluding hydrogens is 444 g/mol. The molecule has 9 nitrogen and oxygen atoms in total. The minimum Gasteiger partial charge on any atom is -0.336 e. The number of aromatic amines is 2. The first-order valence-corrected chi connectivity index (χ1v) is 11.8. The molecule has 1 aromatic heterocycles. The number of carbonyl (C=O) groups excluding carboxylic acids is 1. The second-order valence-corrected chi connectivity index (χ2v) is 9.81. The monoisotopic (exact) mass is 464 g/mol. The van der Waals surface area contributed by atoms with Crippen molar-refractivity contribution in [3.05, 3.63) is 86.9 Å². The van der Waals surface area contributed by atoms with Gasteiger partial charge in [-0.05, 0) is 41.1 Å². The van der Waals surface area contributed by atoms with Gasteiger partial charge in [-0.15, -0.1) is 0 Å². The number of fused-ring (bicyclic) bond motifs is 2. The standard InChI is InChI=1S/C23H20N4O5S/c28-21-22(29)25-20-14-17(6-8-19(20)24-21)23(30)26-9-11-27(12-10-26)33(31,32)18-7-5-15-3-1-2-4-16(15)13-18/h1-8,13-14H,9-12H2,(H,24,28)(H,25,29). The van der Waals surface area contributed by atoms with Crippen molar-refractivity contribution >= 4 is 37.7 Å². The number of nitrogens with one attached hydrogen (secondary N) is 2. The van der Waals surface area contributed by atoms with Crippen LogP contribution in [0.2, 0.25) is 0 Å². The first-order chi connectivity index (χ1) is 15.8. The molecule has 1 amide bonds. The molecule has 33 heavy (non-hydrogen) atoms. The first kappa shape index (κ1) is 21.1. The fourth-order valence-electron chi connectivity index (χ4n) is 4.04. The van der Waals surface area contributed by atoms with Crippen LogP contribution < -0.4 is 11.1 Å². The Kier molecular flexibility index (Phi) is 5.10. The molecule has 3 aromatic carbocycles. The number of piperazine rings is 1. The summed E-state index contributed by atoms with van der Waals surface area (Å²) in [7, 11) is -3.68. The van der Waals surface area contributed by atoms with Crippen molar-refractivity contribution in [3.63, 3.8) is 0 Å². The third kappa shape index (κ3) is 3.83. The number of benzene rings is 3. The number of rotatable bonds is 3. The van der Waals surface area contributed by atoms with Crippen LogP contribution in [0.3, 0.4) is 0 Å².